The number of esters is 1. The van der Waals surface area contributed by atoms with Gasteiger partial charge in [-0.15, -0.1) is 0 Å². The van der Waals surface area contributed by atoms with Crippen molar-refractivity contribution in [2.24, 2.45) is 5.92 Å². The van der Waals surface area contributed by atoms with E-state index in [0.717, 1.165) is 17.7 Å². The van der Waals surface area contributed by atoms with Crippen molar-refractivity contribution in [1.82, 2.24) is 0 Å². The summed E-state index contributed by atoms with van der Waals surface area (Å²) in [7, 11) is 1.46. The summed E-state index contributed by atoms with van der Waals surface area (Å²) in [5.74, 6) is -1.28. The van der Waals surface area contributed by atoms with E-state index in [1.807, 2.05) is 30.3 Å². The molecule has 0 saturated heterocycles. The number of hydrogen-bond donors (Lipinski definition) is 0. The van der Waals surface area contributed by atoms with Gasteiger partial charge < -0.3 is 9.47 Å². The summed E-state index contributed by atoms with van der Waals surface area (Å²) in [4.78, 5) is 12.5. The summed E-state index contributed by atoms with van der Waals surface area (Å²) in [5, 5.41) is 0. The third kappa shape index (κ3) is 5.82. The molecule has 0 heterocycles. The van der Waals surface area contributed by atoms with Crippen LogP contribution in [0.3, 0.4) is 0 Å². The second-order valence-corrected chi connectivity index (χ2v) is 6.49. The maximum atomic E-state index is 12.7. The molecule has 27 heavy (non-hydrogen) atoms. The highest BCUT2D eigenvalue weighted by Gasteiger charge is 2.31. The standard InChI is InChI=1S/C21H23F3O3/c1-14(17-9-11-18(12-10-17)21(22,23)24)15(2)20(25)27-19(26-3)13-16-7-5-4-6-8-16/h4-12,14-15,19H,13H2,1-3H3. The van der Waals surface area contributed by atoms with Crippen LogP contribution in [0.1, 0.15) is 36.5 Å². The molecule has 2 rings (SSSR count). The van der Waals surface area contributed by atoms with E-state index in [-0.39, 0.29) is 5.92 Å². The van der Waals surface area contributed by atoms with Gasteiger partial charge in [0.2, 0.25) is 6.29 Å². The minimum atomic E-state index is -4.38. The smallest absolute Gasteiger partial charge is 0.416 e. The fraction of sp³-hybridized carbons (Fsp3) is 0.381. The van der Waals surface area contributed by atoms with E-state index < -0.39 is 29.9 Å². The molecular weight excluding hydrogens is 357 g/mol. The Morgan fingerprint density at radius 1 is 1.00 bits per heavy atom. The molecular formula is C21H23F3O3. The number of alkyl halides is 3. The number of hydrogen-bond acceptors (Lipinski definition) is 3. The van der Waals surface area contributed by atoms with Crippen molar-refractivity contribution in [3.63, 3.8) is 0 Å². The summed E-state index contributed by atoms with van der Waals surface area (Å²) in [5.41, 5.74) is 0.904. The molecule has 0 aliphatic carbocycles. The average molecular weight is 380 g/mol. The van der Waals surface area contributed by atoms with Crippen LogP contribution in [0.2, 0.25) is 0 Å². The van der Waals surface area contributed by atoms with Crippen molar-refractivity contribution >= 4 is 5.97 Å². The number of ether oxygens (including phenoxy) is 2. The van der Waals surface area contributed by atoms with Crippen LogP contribution in [-0.4, -0.2) is 19.4 Å². The topological polar surface area (TPSA) is 35.5 Å². The lowest BCUT2D eigenvalue weighted by Crippen LogP contribution is -2.28. The van der Waals surface area contributed by atoms with Crippen molar-refractivity contribution in [2.75, 3.05) is 7.11 Å². The minimum Gasteiger partial charge on any atom is -0.435 e. The molecule has 0 saturated carbocycles. The Labute approximate surface area is 157 Å². The highest BCUT2D eigenvalue weighted by atomic mass is 19.4. The molecule has 2 aromatic carbocycles. The highest BCUT2D eigenvalue weighted by molar-refractivity contribution is 5.73. The monoisotopic (exact) mass is 380 g/mol. The largest absolute Gasteiger partial charge is 0.435 e. The lowest BCUT2D eigenvalue weighted by molar-refractivity contribution is -0.178. The zero-order valence-corrected chi connectivity index (χ0v) is 15.5. The van der Waals surface area contributed by atoms with Crippen molar-refractivity contribution in [1.29, 1.82) is 0 Å². The van der Waals surface area contributed by atoms with Gasteiger partial charge in [-0.05, 0) is 29.2 Å². The maximum Gasteiger partial charge on any atom is 0.416 e. The first-order chi connectivity index (χ1) is 12.7. The Hall–Kier alpha value is -2.34. The summed E-state index contributed by atoms with van der Waals surface area (Å²) >= 11 is 0. The van der Waals surface area contributed by atoms with Crippen LogP contribution >= 0.6 is 0 Å². The molecule has 6 heteroatoms. The first-order valence-corrected chi connectivity index (χ1v) is 8.66. The summed E-state index contributed by atoms with van der Waals surface area (Å²) < 4.78 is 48.7. The SMILES string of the molecule is COC(Cc1ccccc1)OC(=O)C(C)C(C)c1ccc(C(F)(F)F)cc1. The Bertz CT molecular complexity index is 727. The van der Waals surface area contributed by atoms with Gasteiger partial charge in [-0.3, -0.25) is 4.79 Å². The van der Waals surface area contributed by atoms with Crippen LogP contribution in [0.5, 0.6) is 0 Å². The Balaban J connectivity index is 2.00. The molecule has 0 fully saturated rings. The Morgan fingerprint density at radius 3 is 2.11 bits per heavy atom. The molecule has 2 aromatic rings. The maximum absolute atomic E-state index is 12.7. The average Bonchev–Trinajstić information content (AvgIpc) is 2.66. The molecule has 0 aliphatic rings. The van der Waals surface area contributed by atoms with E-state index in [2.05, 4.69) is 0 Å². The molecule has 0 spiro atoms. The second-order valence-electron chi connectivity index (χ2n) is 6.49. The van der Waals surface area contributed by atoms with Gasteiger partial charge in [0.05, 0.1) is 11.5 Å². The first-order valence-electron chi connectivity index (χ1n) is 8.66. The molecule has 0 radical (unpaired) electrons. The number of methoxy groups -OCH3 is 1. The van der Waals surface area contributed by atoms with Crippen LogP contribution in [0, 0.1) is 5.92 Å². The van der Waals surface area contributed by atoms with Crippen molar-refractivity contribution in [2.45, 2.75) is 38.7 Å². The summed E-state index contributed by atoms with van der Waals surface area (Å²) in [6.45, 7) is 3.48. The molecule has 0 aliphatic heterocycles. The van der Waals surface area contributed by atoms with E-state index in [1.54, 1.807) is 13.8 Å². The van der Waals surface area contributed by atoms with Gasteiger partial charge in [0.25, 0.3) is 0 Å². The summed E-state index contributed by atoms with van der Waals surface area (Å²) in [6, 6.07) is 14.3. The lowest BCUT2D eigenvalue weighted by atomic mass is 9.88. The van der Waals surface area contributed by atoms with Gasteiger partial charge in [-0.1, -0.05) is 56.3 Å². The number of rotatable bonds is 7. The molecule has 0 aromatic heterocycles. The van der Waals surface area contributed by atoms with Crippen molar-refractivity contribution in [3.8, 4) is 0 Å². The number of halogens is 3. The van der Waals surface area contributed by atoms with Crippen molar-refractivity contribution < 1.29 is 27.4 Å². The predicted octanol–water partition coefficient (Wildman–Crippen LogP) is 5.20. The normalized spacial score (nSPS) is 15.0. The first kappa shape index (κ1) is 21.0. The Kier molecular flexibility index (Phi) is 7.02. The molecule has 3 unspecified atom stereocenters. The molecule has 3 atom stereocenters. The van der Waals surface area contributed by atoms with Crippen LogP contribution in [0.15, 0.2) is 54.6 Å². The van der Waals surface area contributed by atoms with Gasteiger partial charge >= 0.3 is 12.1 Å². The van der Waals surface area contributed by atoms with Crippen LogP contribution in [0.4, 0.5) is 13.2 Å². The van der Waals surface area contributed by atoms with Gasteiger partial charge in [0.15, 0.2) is 0 Å². The molecule has 0 amide bonds. The predicted molar refractivity (Wildman–Crippen MR) is 96.1 cm³/mol. The third-order valence-corrected chi connectivity index (χ3v) is 4.64. The molecule has 0 N–H and O–H groups in total. The quantitative estimate of drug-likeness (QED) is 0.489. The van der Waals surface area contributed by atoms with E-state index in [4.69, 9.17) is 9.47 Å². The van der Waals surface area contributed by atoms with Crippen molar-refractivity contribution in [3.05, 3.63) is 71.3 Å². The zero-order chi connectivity index (χ0) is 20.0. The second kappa shape index (κ2) is 9.04. The van der Waals surface area contributed by atoms with Gasteiger partial charge in [-0.2, -0.15) is 13.2 Å². The minimum absolute atomic E-state index is 0.297. The Morgan fingerprint density at radius 2 is 1.59 bits per heavy atom. The van der Waals surface area contributed by atoms with E-state index in [9.17, 15) is 18.0 Å². The zero-order valence-electron chi connectivity index (χ0n) is 15.5. The van der Waals surface area contributed by atoms with Crippen LogP contribution in [-0.2, 0) is 26.9 Å². The molecule has 146 valence electrons. The van der Waals surface area contributed by atoms with E-state index >= 15 is 0 Å². The van der Waals surface area contributed by atoms with E-state index in [0.29, 0.717) is 12.0 Å². The highest BCUT2D eigenvalue weighted by Crippen LogP contribution is 2.32. The fourth-order valence-corrected chi connectivity index (χ4v) is 2.68. The van der Waals surface area contributed by atoms with Crippen LogP contribution in [0.25, 0.3) is 0 Å². The van der Waals surface area contributed by atoms with E-state index in [1.165, 1.54) is 19.2 Å². The third-order valence-electron chi connectivity index (χ3n) is 4.64. The number of benzene rings is 2. The number of carbonyl (C=O) groups is 1. The van der Waals surface area contributed by atoms with Gasteiger partial charge in [0.1, 0.15) is 0 Å². The molecule has 0 bridgehead atoms. The fourth-order valence-electron chi connectivity index (χ4n) is 2.68. The van der Waals surface area contributed by atoms with Gasteiger partial charge in [0, 0.05) is 13.5 Å². The van der Waals surface area contributed by atoms with Gasteiger partial charge in [-0.25, -0.2) is 0 Å². The summed E-state index contributed by atoms with van der Waals surface area (Å²) in [6.07, 6.45) is -4.68. The number of carbonyl (C=O) groups excluding carboxylic acids is 1. The lowest BCUT2D eigenvalue weighted by Gasteiger charge is -2.23. The van der Waals surface area contributed by atoms with Crippen LogP contribution < -0.4 is 0 Å². The molecule has 3 nitrogen and oxygen atoms in total.